The number of aromatic nitrogens is 1. The van der Waals surface area contributed by atoms with Crippen LogP contribution >= 0.6 is 12.2 Å². The largest absolute Gasteiger partial charge is 0.490 e. The lowest BCUT2D eigenvalue weighted by Crippen LogP contribution is -2.13. The molecule has 1 aliphatic heterocycles. The molecule has 3 rings (SSSR count). The summed E-state index contributed by atoms with van der Waals surface area (Å²) < 4.78 is 11.3. The Morgan fingerprint density at radius 1 is 1.19 bits per heavy atom. The maximum Gasteiger partial charge on any atom is 0.163 e. The lowest BCUT2D eigenvalue weighted by molar-refractivity contribution is 0.297. The van der Waals surface area contributed by atoms with Crippen LogP contribution in [0.1, 0.15) is 12.1 Å². The fourth-order valence-corrected chi connectivity index (χ4v) is 2.26. The lowest BCUT2D eigenvalue weighted by atomic mass is 10.2. The Hall–Kier alpha value is -2.34. The summed E-state index contributed by atoms with van der Waals surface area (Å²) in [5, 5.41) is 3.26. The number of hydrogen-bond donors (Lipinski definition) is 2. The van der Waals surface area contributed by atoms with Gasteiger partial charge in [0.2, 0.25) is 0 Å². The van der Waals surface area contributed by atoms with E-state index in [0.717, 1.165) is 29.3 Å². The molecule has 0 saturated carbocycles. The fourth-order valence-electron chi connectivity index (χ4n) is 2.10. The maximum atomic E-state index is 5.68. The predicted octanol–water partition coefficient (Wildman–Crippen LogP) is 2.62. The number of ether oxygens (including phenoxy) is 2. The van der Waals surface area contributed by atoms with E-state index in [2.05, 4.69) is 10.3 Å². The Labute approximate surface area is 128 Å². The summed E-state index contributed by atoms with van der Waals surface area (Å²) in [4.78, 5) is 4.45. The average molecular weight is 301 g/mol. The van der Waals surface area contributed by atoms with Crippen molar-refractivity contribution in [1.29, 1.82) is 0 Å². The minimum atomic E-state index is 0.257. The van der Waals surface area contributed by atoms with Crippen LogP contribution in [0.4, 0.5) is 11.4 Å². The van der Waals surface area contributed by atoms with E-state index in [1.54, 1.807) is 6.20 Å². The van der Waals surface area contributed by atoms with Crippen molar-refractivity contribution in [1.82, 2.24) is 4.98 Å². The molecule has 0 unspecified atom stereocenters. The zero-order valence-corrected chi connectivity index (χ0v) is 12.2. The van der Waals surface area contributed by atoms with E-state index in [1.807, 2.05) is 30.3 Å². The molecule has 2 aromatic rings. The van der Waals surface area contributed by atoms with Gasteiger partial charge in [-0.2, -0.15) is 0 Å². The SMILES string of the molecule is NC(=S)c1ncccc1Nc1ccc2c(c1)OCCCO2. The van der Waals surface area contributed by atoms with E-state index < -0.39 is 0 Å². The van der Waals surface area contributed by atoms with E-state index in [-0.39, 0.29) is 4.99 Å². The van der Waals surface area contributed by atoms with Crippen LogP contribution < -0.4 is 20.5 Å². The monoisotopic (exact) mass is 301 g/mol. The molecule has 0 bridgehead atoms. The molecule has 6 heteroatoms. The first kappa shape index (κ1) is 13.6. The van der Waals surface area contributed by atoms with Gasteiger partial charge in [-0.1, -0.05) is 12.2 Å². The summed E-state index contributed by atoms with van der Waals surface area (Å²) in [5.74, 6) is 1.50. The molecule has 1 aromatic heterocycles. The molecule has 0 saturated heterocycles. The first-order chi connectivity index (χ1) is 10.2. The fraction of sp³-hybridized carbons (Fsp3) is 0.200. The van der Waals surface area contributed by atoms with Crippen molar-refractivity contribution in [3.8, 4) is 11.5 Å². The van der Waals surface area contributed by atoms with E-state index in [1.165, 1.54) is 0 Å². The van der Waals surface area contributed by atoms with Gasteiger partial charge in [0, 0.05) is 24.4 Å². The topological polar surface area (TPSA) is 69.4 Å². The van der Waals surface area contributed by atoms with Crippen LogP contribution in [0.25, 0.3) is 0 Å². The van der Waals surface area contributed by atoms with Gasteiger partial charge in [0.25, 0.3) is 0 Å². The number of nitrogens with one attached hydrogen (secondary N) is 1. The predicted molar refractivity (Wildman–Crippen MR) is 85.5 cm³/mol. The number of hydrogen-bond acceptors (Lipinski definition) is 5. The van der Waals surface area contributed by atoms with Crippen LogP contribution in [0.15, 0.2) is 36.5 Å². The van der Waals surface area contributed by atoms with Crippen LogP contribution in [0.3, 0.4) is 0 Å². The number of nitrogens with zero attached hydrogens (tertiary/aromatic N) is 1. The van der Waals surface area contributed by atoms with E-state index in [0.29, 0.717) is 18.9 Å². The van der Waals surface area contributed by atoms with Gasteiger partial charge in [-0.15, -0.1) is 0 Å². The van der Waals surface area contributed by atoms with Gasteiger partial charge in [0.05, 0.1) is 18.9 Å². The normalized spacial score (nSPS) is 13.3. The molecule has 0 aliphatic carbocycles. The maximum absolute atomic E-state index is 5.68. The van der Waals surface area contributed by atoms with Crippen LogP contribution in [-0.2, 0) is 0 Å². The number of fused-ring (bicyclic) bond motifs is 1. The first-order valence-electron chi connectivity index (χ1n) is 6.65. The van der Waals surface area contributed by atoms with E-state index in [9.17, 15) is 0 Å². The zero-order valence-electron chi connectivity index (χ0n) is 11.3. The number of rotatable bonds is 3. The number of pyridine rings is 1. The molecule has 108 valence electrons. The third-order valence-corrected chi connectivity index (χ3v) is 3.26. The lowest BCUT2D eigenvalue weighted by Gasteiger charge is -2.13. The van der Waals surface area contributed by atoms with Crippen LogP contribution in [-0.4, -0.2) is 23.2 Å². The third kappa shape index (κ3) is 3.05. The molecule has 21 heavy (non-hydrogen) atoms. The standard InChI is InChI=1S/C15H15N3O2S/c16-15(21)14-11(3-1-6-17-14)18-10-4-5-12-13(9-10)20-8-2-7-19-12/h1,3-6,9,18H,2,7-8H2,(H2,16,21). The number of anilines is 2. The molecule has 0 atom stereocenters. The number of benzene rings is 1. The van der Waals surface area contributed by atoms with Crippen molar-refractivity contribution < 1.29 is 9.47 Å². The van der Waals surface area contributed by atoms with Crippen molar-refractivity contribution in [3.05, 3.63) is 42.2 Å². The molecule has 1 aliphatic rings. The van der Waals surface area contributed by atoms with Crippen molar-refractivity contribution in [2.24, 2.45) is 5.73 Å². The Morgan fingerprint density at radius 3 is 2.81 bits per heavy atom. The van der Waals surface area contributed by atoms with Gasteiger partial charge >= 0.3 is 0 Å². The molecular weight excluding hydrogens is 286 g/mol. The Bertz CT molecular complexity index is 676. The summed E-state index contributed by atoms with van der Waals surface area (Å²) in [6, 6.07) is 9.42. The summed E-state index contributed by atoms with van der Waals surface area (Å²) in [6.45, 7) is 1.33. The van der Waals surface area contributed by atoms with Crippen molar-refractivity contribution in [2.45, 2.75) is 6.42 Å². The second kappa shape index (κ2) is 5.97. The summed E-state index contributed by atoms with van der Waals surface area (Å²) in [7, 11) is 0. The highest BCUT2D eigenvalue weighted by molar-refractivity contribution is 7.80. The van der Waals surface area contributed by atoms with Gasteiger partial charge in [-0.05, 0) is 24.3 Å². The smallest absolute Gasteiger partial charge is 0.163 e. The van der Waals surface area contributed by atoms with Gasteiger partial charge in [-0.25, -0.2) is 0 Å². The molecule has 5 nitrogen and oxygen atoms in total. The average Bonchev–Trinajstić information content (AvgIpc) is 2.72. The Balaban J connectivity index is 1.89. The Kier molecular flexibility index (Phi) is 3.87. The quantitative estimate of drug-likeness (QED) is 0.849. The zero-order chi connectivity index (χ0) is 14.7. The van der Waals surface area contributed by atoms with Gasteiger partial charge < -0.3 is 20.5 Å². The molecule has 0 amide bonds. The third-order valence-electron chi connectivity index (χ3n) is 3.07. The molecule has 0 spiro atoms. The summed E-state index contributed by atoms with van der Waals surface area (Å²) in [5.41, 5.74) is 7.88. The van der Waals surface area contributed by atoms with Crippen LogP contribution in [0.2, 0.25) is 0 Å². The number of nitrogens with two attached hydrogens (primary N) is 1. The number of thiocarbonyl (C=S) groups is 1. The van der Waals surface area contributed by atoms with Gasteiger partial charge in [0.15, 0.2) is 11.5 Å². The molecule has 1 aromatic carbocycles. The molecule has 3 N–H and O–H groups in total. The molecule has 2 heterocycles. The highest BCUT2D eigenvalue weighted by Gasteiger charge is 2.12. The summed E-state index contributed by atoms with van der Waals surface area (Å²) >= 11 is 5.01. The van der Waals surface area contributed by atoms with Gasteiger partial charge in [0.1, 0.15) is 10.7 Å². The highest BCUT2D eigenvalue weighted by atomic mass is 32.1. The van der Waals surface area contributed by atoms with Crippen LogP contribution in [0.5, 0.6) is 11.5 Å². The minimum absolute atomic E-state index is 0.257. The second-order valence-corrected chi connectivity index (χ2v) is 5.04. The highest BCUT2D eigenvalue weighted by Crippen LogP contribution is 2.33. The first-order valence-corrected chi connectivity index (χ1v) is 7.06. The summed E-state index contributed by atoms with van der Waals surface area (Å²) in [6.07, 6.45) is 2.54. The van der Waals surface area contributed by atoms with Crippen molar-refractivity contribution >= 4 is 28.6 Å². The van der Waals surface area contributed by atoms with Crippen molar-refractivity contribution in [3.63, 3.8) is 0 Å². The van der Waals surface area contributed by atoms with Gasteiger partial charge in [-0.3, -0.25) is 4.98 Å². The van der Waals surface area contributed by atoms with E-state index >= 15 is 0 Å². The van der Waals surface area contributed by atoms with E-state index in [4.69, 9.17) is 27.4 Å². The molecule has 0 fully saturated rings. The van der Waals surface area contributed by atoms with Crippen molar-refractivity contribution in [2.75, 3.05) is 18.5 Å². The molecular formula is C15H15N3O2S. The molecule has 0 radical (unpaired) electrons. The van der Waals surface area contributed by atoms with Crippen LogP contribution in [0, 0.1) is 0 Å². The second-order valence-electron chi connectivity index (χ2n) is 4.60. The Morgan fingerprint density at radius 2 is 2.00 bits per heavy atom. The minimum Gasteiger partial charge on any atom is -0.490 e.